The summed E-state index contributed by atoms with van der Waals surface area (Å²) in [6, 6.07) is 5.37. The summed E-state index contributed by atoms with van der Waals surface area (Å²) >= 11 is 6.06. The summed E-state index contributed by atoms with van der Waals surface area (Å²) in [5.74, 6) is 0.209. The third-order valence-corrected chi connectivity index (χ3v) is 4.26. The van der Waals surface area contributed by atoms with Gasteiger partial charge in [0.2, 0.25) is 5.95 Å². The van der Waals surface area contributed by atoms with Crippen LogP contribution in [0.25, 0.3) is 0 Å². The summed E-state index contributed by atoms with van der Waals surface area (Å²) < 4.78 is 5.53. The fourth-order valence-corrected chi connectivity index (χ4v) is 2.60. The van der Waals surface area contributed by atoms with Crippen LogP contribution in [0.3, 0.4) is 0 Å². The van der Waals surface area contributed by atoms with Gasteiger partial charge in [-0.25, -0.2) is 9.97 Å². The van der Waals surface area contributed by atoms with Crippen molar-refractivity contribution in [1.82, 2.24) is 9.97 Å². The summed E-state index contributed by atoms with van der Waals surface area (Å²) in [5.41, 5.74) is 1.98. The second kappa shape index (κ2) is 7.59. The number of carbonyl (C=O) groups excluding carboxylic acids is 1. The number of hydrogen-bond donors (Lipinski definition) is 2. The molecule has 1 aromatic heterocycles. The van der Waals surface area contributed by atoms with E-state index < -0.39 is 0 Å². The lowest BCUT2D eigenvalue weighted by molar-refractivity contribution is 0.102. The average Bonchev–Trinajstić information content (AvgIpc) is 3.10. The van der Waals surface area contributed by atoms with Crippen LogP contribution in [-0.2, 0) is 4.74 Å². The lowest BCUT2D eigenvalue weighted by Crippen LogP contribution is -2.20. The molecule has 2 aromatic rings. The van der Waals surface area contributed by atoms with E-state index in [0.29, 0.717) is 28.8 Å². The quantitative estimate of drug-likeness (QED) is 0.868. The maximum atomic E-state index is 12.2. The van der Waals surface area contributed by atoms with Crippen LogP contribution in [-0.4, -0.2) is 35.1 Å². The maximum absolute atomic E-state index is 12.2. The van der Waals surface area contributed by atoms with Crippen LogP contribution in [0.2, 0.25) is 5.02 Å². The fourth-order valence-electron chi connectivity index (χ4n) is 2.42. The molecule has 6 nitrogen and oxygen atoms in total. The zero-order valence-electron chi connectivity index (χ0n) is 13.4. The minimum atomic E-state index is -0.277. The van der Waals surface area contributed by atoms with E-state index in [2.05, 4.69) is 20.6 Å². The lowest BCUT2D eigenvalue weighted by Gasteiger charge is -2.10. The lowest BCUT2D eigenvalue weighted by atomic mass is 10.2. The summed E-state index contributed by atoms with van der Waals surface area (Å²) in [6.07, 6.45) is 5.34. The van der Waals surface area contributed by atoms with Crippen molar-refractivity contribution in [3.05, 3.63) is 46.7 Å². The summed E-state index contributed by atoms with van der Waals surface area (Å²) in [7, 11) is 0. The molecule has 1 amide bonds. The highest BCUT2D eigenvalue weighted by Crippen LogP contribution is 2.20. The number of amides is 1. The van der Waals surface area contributed by atoms with Gasteiger partial charge in [-0.1, -0.05) is 17.7 Å². The van der Waals surface area contributed by atoms with E-state index in [-0.39, 0.29) is 12.0 Å². The Kier molecular flexibility index (Phi) is 5.27. The molecule has 1 aliphatic rings. The number of rotatable bonds is 5. The summed E-state index contributed by atoms with van der Waals surface area (Å²) in [4.78, 5) is 20.6. The smallest absolute Gasteiger partial charge is 0.258 e. The highest BCUT2D eigenvalue weighted by molar-refractivity contribution is 6.31. The topological polar surface area (TPSA) is 76.1 Å². The first-order valence-electron chi connectivity index (χ1n) is 7.87. The fraction of sp³-hybridized carbons (Fsp3) is 0.353. The molecule has 126 valence electrons. The van der Waals surface area contributed by atoms with Gasteiger partial charge in [0.05, 0.1) is 11.7 Å². The van der Waals surface area contributed by atoms with Gasteiger partial charge in [-0.3, -0.25) is 4.79 Å². The number of nitrogens with zero attached hydrogens (tertiary/aromatic N) is 2. The second-order valence-electron chi connectivity index (χ2n) is 5.73. The van der Waals surface area contributed by atoms with Gasteiger partial charge in [0.15, 0.2) is 0 Å². The Hall–Kier alpha value is -2.18. The highest BCUT2D eigenvalue weighted by atomic mass is 35.5. The van der Waals surface area contributed by atoms with E-state index >= 15 is 0 Å². The number of anilines is 2. The van der Waals surface area contributed by atoms with Gasteiger partial charge < -0.3 is 15.4 Å². The third-order valence-electron chi connectivity index (χ3n) is 3.86. The largest absolute Gasteiger partial charge is 0.376 e. The van der Waals surface area contributed by atoms with Crippen molar-refractivity contribution in [2.45, 2.75) is 25.9 Å². The zero-order chi connectivity index (χ0) is 16.9. The molecule has 1 saturated heterocycles. The predicted octanol–water partition coefficient (Wildman–Crippen LogP) is 3.28. The van der Waals surface area contributed by atoms with E-state index in [1.165, 1.54) is 12.4 Å². The second-order valence-corrected chi connectivity index (χ2v) is 6.14. The maximum Gasteiger partial charge on any atom is 0.258 e. The molecular formula is C17H19ClN4O2. The monoisotopic (exact) mass is 346 g/mol. The number of carbonyl (C=O) groups is 1. The minimum Gasteiger partial charge on any atom is -0.376 e. The summed E-state index contributed by atoms with van der Waals surface area (Å²) in [6.45, 7) is 3.40. The van der Waals surface area contributed by atoms with Gasteiger partial charge in [-0.15, -0.1) is 0 Å². The number of benzene rings is 1. The molecule has 2 heterocycles. The van der Waals surface area contributed by atoms with E-state index in [0.717, 1.165) is 25.0 Å². The minimum absolute atomic E-state index is 0.211. The van der Waals surface area contributed by atoms with Crippen molar-refractivity contribution in [3.63, 3.8) is 0 Å². The number of aryl methyl sites for hydroxylation is 1. The predicted molar refractivity (Wildman–Crippen MR) is 93.6 cm³/mol. The Bertz CT molecular complexity index is 715. The SMILES string of the molecule is Cc1ccc(NC(=O)c2cnc(NCC3CCCO3)nc2)cc1Cl. The Morgan fingerprint density at radius 2 is 2.17 bits per heavy atom. The molecule has 1 aliphatic heterocycles. The van der Waals surface area contributed by atoms with Gasteiger partial charge in [-0.2, -0.15) is 0 Å². The van der Waals surface area contributed by atoms with Crippen molar-refractivity contribution in [2.24, 2.45) is 0 Å². The molecule has 24 heavy (non-hydrogen) atoms. The van der Waals surface area contributed by atoms with Crippen LogP contribution >= 0.6 is 11.6 Å². The molecule has 3 rings (SSSR count). The molecule has 1 atom stereocenters. The van der Waals surface area contributed by atoms with Crippen molar-refractivity contribution < 1.29 is 9.53 Å². The van der Waals surface area contributed by atoms with Crippen molar-refractivity contribution in [2.75, 3.05) is 23.8 Å². The first kappa shape index (κ1) is 16.7. The Balaban J connectivity index is 1.57. The third kappa shape index (κ3) is 4.21. The first-order valence-corrected chi connectivity index (χ1v) is 8.24. The molecule has 0 spiro atoms. The molecule has 1 unspecified atom stereocenters. The highest BCUT2D eigenvalue weighted by Gasteiger charge is 2.15. The van der Waals surface area contributed by atoms with Gasteiger partial charge >= 0.3 is 0 Å². The first-order chi connectivity index (χ1) is 11.6. The van der Waals surface area contributed by atoms with Gasteiger partial charge in [0.1, 0.15) is 0 Å². The van der Waals surface area contributed by atoms with Crippen molar-refractivity contribution in [3.8, 4) is 0 Å². The van der Waals surface area contributed by atoms with E-state index in [9.17, 15) is 4.79 Å². The normalized spacial score (nSPS) is 16.8. The standard InChI is InChI=1S/C17H19ClN4O2/c1-11-4-5-13(7-15(11)18)22-16(23)12-8-19-17(20-9-12)21-10-14-3-2-6-24-14/h4-5,7-9,14H,2-3,6,10H2,1H3,(H,22,23)(H,19,20,21). The number of nitrogens with one attached hydrogen (secondary N) is 2. The molecular weight excluding hydrogens is 328 g/mol. The van der Waals surface area contributed by atoms with Gasteiger partial charge in [0.25, 0.3) is 5.91 Å². The zero-order valence-corrected chi connectivity index (χ0v) is 14.1. The molecule has 0 bridgehead atoms. The Morgan fingerprint density at radius 1 is 1.38 bits per heavy atom. The molecule has 0 radical (unpaired) electrons. The van der Waals surface area contributed by atoms with Crippen LogP contribution in [0.1, 0.15) is 28.8 Å². The average molecular weight is 347 g/mol. The van der Waals surface area contributed by atoms with Crippen LogP contribution in [0.15, 0.2) is 30.6 Å². The van der Waals surface area contributed by atoms with Crippen LogP contribution in [0, 0.1) is 6.92 Å². The summed E-state index contributed by atoms with van der Waals surface area (Å²) in [5, 5.41) is 6.51. The number of hydrogen-bond acceptors (Lipinski definition) is 5. The molecule has 0 aliphatic carbocycles. The Morgan fingerprint density at radius 3 is 2.83 bits per heavy atom. The molecule has 1 aromatic carbocycles. The number of halogens is 1. The van der Waals surface area contributed by atoms with Crippen LogP contribution < -0.4 is 10.6 Å². The molecule has 7 heteroatoms. The van der Waals surface area contributed by atoms with Gasteiger partial charge in [-0.05, 0) is 37.5 Å². The molecule has 2 N–H and O–H groups in total. The number of ether oxygens (including phenoxy) is 1. The van der Waals surface area contributed by atoms with E-state index in [1.807, 2.05) is 13.0 Å². The van der Waals surface area contributed by atoms with Crippen LogP contribution in [0.4, 0.5) is 11.6 Å². The van der Waals surface area contributed by atoms with E-state index in [1.54, 1.807) is 12.1 Å². The van der Waals surface area contributed by atoms with E-state index in [4.69, 9.17) is 16.3 Å². The van der Waals surface area contributed by atoms with Gasteiger partial charge in [0, 0.05) is 36.3 Å². The van der Waals surface area contributed by atoms with Crippen molar-refractivity contribution in [1.29, 1.82) is 0 Å². The molecule has 0 saturated carbocycles. The van der Waals surface area contributed by atoms with Crippen molar-refractivity contribution >= 4 is 29.1 Å². The number of aromatic nitrogens is 2. The molecule has 1 fully saturated rings. The van der Waals surface area contributed by atoms with Crippen LogP contribution in [0.5, 0.6) is 0 Å². The Labute approximate surface area is 145 Å².